The van der Waals surface area contributed by atoms with Gasteiger partial charge in [0.1, 0.15) is 5.82 Å². The molecule has 1 heterocycles. The van der Waals surface area contributed by atoms with Crippen molar-refractivity contribution in [1.29, 1.82) is 0 Å². The van der Waals surface area contributed by atoms with Gasteiger partial charge in [-0.15, -0.1) is 0 Å². The van der Waals surface area contributed by atoms with E-state index in [1.807, 2.05) is 13.8 Å². The normalized spacial score (nSPS) is 20.5. The van der Waals surface area contributed by atoms with Gasteiger partial charge in [-0.2, -0.15) is 0 Å². The van der Waals surface area contributed by atoms with Gasteiger partial charge in [0, 0.05) is 31.7 Å². The fourth-order valence-electron chi connectivity index (χ4n) is 2.64. The molecular weight excluding hydrogens is 313 g/mol. The van der Waals surface area contributed by atoms with Crippen molar-refractivity contribution < 1.29 is 18.7 Å². The van der Waals surface area contributed by atoms with Crippen LogP contribution in [0, 0.1) is 5.82 Å². The van der Waals surface area contributed by atoms with Crippen molar-refractivity contribution in [2.45, 2.75) is 32.5 Å². The monoisotopic (exact) mass is 337 g/mol. The smallest absolute Gasteiger partial charge is 0.317 e. The highest BCUT2D eigenvalue weighted by Gasteiger charge is 2.25. The van der Waals surface area contributed by atoms with Crippen LogP contribution in [-0.4, -0.2) is 55.2 Å². The second kappa shape index (κ2) is 8.63. The Hall–Kier alpha value is -2.15. The summed E-state index contributed by atoms with van der Waals surface area (Å²) in [6.45, 7) is 5.96. The third-order valence-corrected chi connectivity index (χ3v) is 3.73. The lowest BCUT2D eigenvalue weighted by Gasteiger charge is -2.35. The van der Waals surface area contributed by atoms with E-state index in [4.69, 9.17) is 4.74 Å². The molecule has 132 valence electrons. The number of hydrogen-bond acceptors (Lipinski definition) is 3. The molecule has 1 aromatic rings. The van der Waals surface area contributed by atoms with E-state index in [2.05, 4.69) is 10.6 Å². The van der Waals surface area contributed by atoms with E-state index in [0.717, 1.165) is 0 Å². The van der Waals surface area contributed by atoms with Crippen molar-refractivity contribution in [2.24, 2.45) is 0 Å². The molecule has 2 rings (SSSR count). The van der Waals surface area contributed by atoms with Crippen molar-refractivity contribution in [3.63, 3.8) is 0 Å². The minimum atomic E-state index is -0.374. The maximum Gasteiger partial charge on any atom is 0.317 e. The van der Waals surface area contributed by atoms with E-state index in [0.29, 0.717) is 38.2 Å². The SMILES string of the molecule is CC1CN(C(=O)NCCCNC(=O)c2ccc(F)cc2)CC(C)O1. The molecule has 1 saturated heterocycles. The average molecular weight is 337 g/mol. The van der Waals surface area contributed by atoms with Crippen LogP contribution < -0.4 is 10.6 Å². The Morgan fingerprint density at radius 3 is 2.33 bits per heavy atom. The van der Waals surface area contributed by atoms with Crippen LogP contribution in [0.3, 0.4) is 0 Å². The van der Waals surface area contributed by atoms with Crippen molar-refractivity contribution in [1.82, 2.24) is 15.5 Å². The molecule has 0 bridgehead atoms. The van der Waals surface area contributed by atoms with Crippen molar-refractivity contribution in [3.8, 4) is 0 Å². The highest BCUT2D eigenvalue weighted by Crippen LogP contribution is 2.10. The molecule has 0 spiro atoms. The molecule has 3 amide bonds. The quantitative estimate of drug-likeness (QED) is 0.805. The molecule has 1 aromatic carbocycles. The number of ether oxygens (including phenoxy) is 1. The van der Waals surface area contributed by atoms with Gasteiger partial charge in [-0.05, 0) is 44.5 Å². The van der Waals surface area contributed by atoms with Gasteiger partial charge in [0.15, 0.2) is 0 Å². The molecule has 0 aromatic heterocycles. The van der Waals surface area contributed by atoms with E-state index >= 15 is 0 Å². The van der Waals surface area contributed by atoms with E-state index < -0.39 is 0 Å². The van der Waals surface area contributed by atoms with Gasteiger partial charge < -0.3 is 20.3 Å². The van der Waals surface area contributed by atoms with E-state index in [1.54, 1.807) is 4.90 Å². The topological polar surface area (TPSA) is 70.7 Å². The first-order chi connectivity index (χ1) is 11.5. The van der Waals surface area contributed by atoms with Crippen LogP contribution in [0.4, 0.5) is 9.18 Å². The van der Waals surface area contributed by atoms with Gasteiger partial charge in [-0.1, -0.05) is 0 Å². The number of urea groups is 1. The van der Waals surface area contributed by atoms with Crippen LogP contribution in [-0.2, 0) is 4.74 Å². The predicted molar refractivity (Wildman–Crippen MR) is 88.3 cm³/mol. The average Bonchev–Trinajstić information content (AvgIpc) is 2.54. The zero-order valence-corrected chi connectivity index (χ0v) is 14.0. The molecule has 2 unspecified atom stereocenters. The lowest BCUT2D eigenvalue weighted by molar-refractivity contribution is -0.0545. The third kappa shape index (κ3) is 5.49. The molecule has 1 aliphatic rings. The Morgan fingerprint density at radius 1 is 1.12 bits per heavy atom. The Kier molecular flexibility index (Phi) is 6.54. The molecule has 1 fully saturated rings. The number of benzene rings is 1. The van der Waals surface area contributed by atoms with E-state index in [1.165, 1.54) is 24.3 Å². The third-order valence-electron chi connectivity index (χ3n) is 3.73. The molecule has 0 saturated carbocycles. The minimum absolute atomic E-state index is 0.0366. The summed E-state index contributed by atoms with van der Waals surface area (Å²) in [7, 11) is 0. The summed E-state index contributed by atoms with van der Waals surface area (Å²) in [5.74, 6) is -0.627. The Bertz CT molecular complexity index is 555. The number of carbonyl (C=O) groups excluding carboxylic acids is 2. The molecule has 1 aliphatic heterocycles. The van der Waals surface area contributed by atoms with Crippen LogP contribution in [0.5, 0.6) is 0 Å². The fourth-order valence-corrected chi connectivity index (χ4v) is 2.64. The maximum absolute atomic E-state index is 12.8. The number of nitrogens with one attached hydrogen (secondary N) is 2. The molecule has 0 radical (unpaired) electrons. The first-order valence-corrected chi connectivity index (χ1v) is 8.17. The first-order valence-electron chi connectivity index (χ1n) is 8.17. The van der Waals surface area contributed by atoms with Gasteiger partial charge in [0.05, 0.1) is 12.2 Å². The van der Waals surface area contributed by atoms with Gasteiger partial charge in [0.25, 0.3) is 5.91 Å². The maximum atomic E-state index is 12.8. The van der Waals surface area contributed by atoms with Crippen LogP contribution in [0.2, 0.25) is 0 Å². The lowest BCUT2D eigenvalue weighted by atomic mass is 10.2. The summed E-state index contributed by atoms with van der Waals surface area (Å²) in [5.41, 5.74) is 0.414. The fraction of sp³-hybridized carbons (Fsp3) is 0.529. The van der Waals surface area contributed by atoms with Crippen molar-refractivity contribution >= 4 is 11.9 Å². The number of halogens is 1. The molecule has 7 heteroatoms. The number of hydrogen-bond donors (Lipinski definition) is 2. The van der Waals surface area contributed by atoms with E-state index in [9.17, 15) is 14.0 Å². The summed E-state index contributed by atoms with van der Waals surface area (Å²) >= 11 is 0. The second-order valence-electron chi connectivity index (χ2n) is 6.01. The summed E-state index contributed by atoms with van der Waals surface area (Å²) in [6.07, 6.45) is 0.692. The van der Waals surface area contributed by atoms with Gasteiger partial charge in [-0.25, -0.2) is 9.18 Å². The first kappa shape index (κ1) is 18.2. The Balaban J connectivity index is 1.63. The Labute approximate surface area is 141 Å². The number of amides is 3. The van der Waals surface area contributed by atoms with Crippen LogP contribution >= 0.6 is 0 Å². The number of carbonyl (C=O) groups is 2. The van der Waals surface area contributed by atoms with Crippen LogP contribution in [0.15, 0.2) is 24.3 Å². The summed E-state index contributed by atoms with van der Waals surface area (Å²) in [4.78, 5) is 25.7. The number of nitrogens with zero attached hydrogens (tertiary/aromatic N) is 1. The second-order valence-corrected chi connectivity index (χ2v) is 6.01. The summed E-state index contributed by atoms with van der Waals surface area (Å²) in [5, 5.41) is 5.58. The zero-order valence-electron chi connectivity index (χ0n) is 14.0. The largest absolute Gasteiger partial charge is 0.372 e. The van der Waals surface area contributed by atoms with Crippen molar-refractivity contribution in [2.75, 3.05) is 26.2 Å². The molecule has 2 atom stereocenters. The van der Waals surface area contributed by atoms with Crippen LogP contribution in [0.25, 0.3) is 0 Å². The number of rotatable bonds is 5. The van der Waals surface area contributed by atoms with Crippen LogP contribution in [0.1, 0.15) is 30.6 Å². The lowest BCUT2D eigenvalue weighted by Crippen LogP contribution is -2.51. The molecule has 2 N–H and O–H groups in total. The van der Waals surface area contributed by atoms with Gasteiger partial charge >= 0.3 is 6.03 Å². The highest BCUT2D eigenvalue weighted by molar-refractivity contribution is 5.94. The van der Waals surface area contributed by atoms with E-state index in [-0.39, 0.29) is 30.0 Å². The van der Waals surface area contributed by atoms with Gasteiger partial charge in [0.2, 0.25) is 0 Å². The van der Waals surface area contributed by atoms with Gasteiger partial charge in [-0.3, -0.25) is 4.79 Å². The molecule has 6 nitrogen and oxygen atoms in total. The molecular formula is C17H24FN3O3. The Morgan fingerprint density at radius 2 is 1.71 bits per heavy atom. The minimum Gasteiger partial charge on any atom is -0.372 e. The summed E-state index contributed by atoms with van der Waals surface area (Å²) < 4.78 is 18.4. The predicted octanol–water partition coefficient (Wildman–Crippen LogP) is 1.76. The summed E-state index contributed by atoms with van der Waals surface area (Å²) in [6, 6.07) is 5.26. The standard InChI is InChI=1S/C17H24FN3O3/c1-12-10-21(11-13(2)24-12)17(23)20-9-3-8-19-16(22)14-4-6-15(18)7-5-14/h4-7,12-13H,3,8-11H2,1-2H3,(H,19,22)(H,20,23). The molecule has 24 heavy (non-hydrogen) atoms. The molecule has 0 aliphatic carbocycles. The number of morpholine rings is 1. The zero-order chi connectivity index (χ0) is 17.5. The van der Waals surface area contributed by atoms with Crippen molar-refractivity contribution in [3.05, 3.63) is 35.6 Å². The highest BCUT2D eigenvalue weighted by atomic mass is 19.1.